The van der Waals surface area contributed by atoms with E-state index in [1.165, 1.54) is 24.9 Å². The van der Waals surface area contributed by atoms with Crippen LogP contribution in [-0.4, -0.2) is 24.6 Å². The Hall–Kier alpha value is -1.09. The Morgan fingerprint density at radius 3 is 2.67 bits per heavy atom. The van der Waals surface area contributed by atoms with Gasteiger partial charge < -0.3 is 10.2 Å². The smallest absolute Gasteiger partial charge is 0.128 e. The van der Waals surface area contributed by atoms with Gasteiger partial charge in [0.25, 0.3) is 0 Å². The molecule has 0 saturated heterocycles. The third-order valence-electron chi connectivity index (χ3n) is 3.66. The van der Waals surface area contributed by atoms with E-state index < -0.39 is 0 Å². The lowest BCUT2D eigenvalue weighted by atomic mass is 10.1. The van der Waals surface area contributed by atoms with E-state index in [1.807, 2.05) is 6.20 Å². The van der Waals surface area contributed by atoms with Gasteiger partial charge in [0.05, 0.1) is 0 Å². The lowest BCUT2D eigenvalue weighted by Gasteiger charge is -2.22. The first-order chi connectivity index (χ1) is 8.74. The summed E-state index contributed by atoms with van der Waals surface area (Å²) in [5.74, 6) is 2.03. The first-order valence-electron chi connectivity index (χ1n) is 7.18. The largest absolute Gasteiger partial charge is 0.357 e. The van der Waals surface area contributed by atoms with Crippen molar-refractivity contribution in [3.63, 3.8) is 0 Å². The topological polar surface area (TPSA) is 28.2 Å². The first-order valence-corrected chi connectivity index (χ1v) is 7.18. The van der Waals surface area contributed by atoms with E-state index in [0.717, 1.165) is 24.8 Å². The summed E-state index contributed by atoms with van der Waals surface area (Å²) in [5, 5.41) is 3.41. The number of rotatable bonds is 7. The zero-order valence-corrected chi connectivity index (χ0v) is 11.8. The average molecular weight is 247 g/mol. The molecule has 0 radical (unpaired) electrons. The molecular formula is C15H25N3. The molecule has 1 aromatic heterocycles. The number of nitrogens with zero attached hydrogens (tertiary/aromatic N) is 2. The Morgan fingerprint density at radius 2 is 2.17 bits per heavy atom. The van der Waals surface area contributed by atoms with Crippen molar-refractivity contribution in [2.24, 2.45) is 5.92 Å². The second-order valence-electron chi connectivity index (χ2n) is 5.21. The van der Waals surface area contributed by atoms with Crippen LogP contribution in [0.1, 0.15) is 45.2 Å². The number of hydrogen-bond acceptors (Lipinski definition) is 3. The zero-order chi connectivity index (χ0) is 13.0. The molecule has 2 rings (SSSR count). The maximum atomic E-state index is 4.62. The Bertz CT molecular complexity index is 357. The normalized spacial score (nSPS) is 16.6. The van der Waals surface area contributed by atoms with Crippen molar-refractivity contribution in [1.29, 1.82) is 0 Å². The van der Waals surface area contributed by atoms with Crippen LogP contribution in [0, 0.1) is 5.92 Å². The van der Waals surface area contributed by atoms with Crippen molar-refractivity contribution in [2.45, 2.75) is 39.7 Å². The molecule has 1 N–H and O–H groups in total. The van der Waals surface area contributed by atoms with Gasteiger partial charge >= 0.3 is 0 Å². The van der Waals surface area contributed by atoms with Gasteiger partial charge in [0.1, 0.15) is 5.82 Å². The Labute approximate surface area is 111 Å². The standard InChI is InChI=1S/C15H25N3/c1-4-16-12(3)14-8-9-15(17-10-14)18(5-2)11-13-6-7-13/h8-10,12-13,16H,4-7,11H2,1-3H3. The molecule has 1 unspecified atom stereocenters. The molecule has 1 aliphatic rings. The summed E-state index contributed by atoms with van der Waals surface area (Å²) in [6.45, 7) is 9.73. The molecule has 0 aliphatic heterocycles. The van der Waals surface area contributed by atoms with E-state index >= 15 is 0 Å². The Balaban J connectivity index is 2.00. The minimum Gasteiger partial charge on any atom is -0.357 e. The second-order valence-corrected chi connectivity index (χ2v) is 5.21. The molecule has 0 aromatic carbocycles. The Morgan fingerprint density at radius 1 is 1.39 bits per heavy atom. The van der Waals surface area contributed by atoms with Gasteiger partial charge in [-0.2, -0.15) is 0 Å². The molecule has 3 nitrogen and oxygen atoms in total. The summed E-state index contributed by atoms with van der Waals surface area (Å²) in [6, 6.07) is 4.75. The van der Waals surface area contributed by atoms with Crippen LogP contribution in [0.3, 0.4) is 0 Å². The predicted molar refractivity (Wildman–Crippen MR) is 76.9 cm³/mol. The summed E-state index contributed by atoms with van der Waals surface area (Å²) >= 11 is 0. The van der Waals surface area contributed by atoms with Crippen LogP contribution in [0.5, 0.6) is 0 Å². The average Bonchev–Trinajstić information content (AvgIpc) is 3.20. The lowest BCUT2D eigenvalue weighted by molar-refractivity contribution is 0.596. The van der Waals surface area contributed by atoms with E-state index in [-0.39, 0.29) is 0 Å². The Kier molecular flexibility index (Phi) is 4.59. The van der Waals surface area contributed by atoms with Crippen molar-refractivity contribution in [3.05, 3.63) is 23.9 Å². The number of anilines is 1. The fourth-order valence-electron chi connectivity index (χ4n) is 2.26. The van der Waals surface area contributed by atoms with Crippen molar-refractivity contribution in [2.75, 3.05) is 24.5 Å². The number of pyridine rings is 1. The molecule has 1 aliphatic carbocycles. The summed E-state index contributed by atoms with van der Waals surface area (Å²) in [4.78, 5) is 7.01. The van der Waals surface area contributed by atoms with Crippen LogP contribution in [0.15, 0.2) is 18.3 Å². The molecule has 0 bridgehead atoms. The molecule has 1 aromatic rings. The van der Waals surface area contributed by atoms with Gasteiger partial charge in [-0.15, -0.1) is 0 Å². The highest BCUT2D eigenvalue weighted by Crippen LogP contribution is 2.31. The van der Waals surface area contributed by atoms with Gasteiger partial charge in [0.2, 0.25) is 0 Å². The maximum Gasteiger partial charge on any atom is 0.128 e. The molecule has 18 heavy (non-hydrogen) atoms. The minimum atomic E-state index is 0.384. The van der Waals surface area contributed by atoms with Crippen molar-refractivity contribution in [3.8, 4) is 0 Å². The molecule has 0 amide bonds. The summed E-state index contributed by atoms with van der Waals surface area (Å²) in [6.07, 6.45) is 4.80. The van der Waals surface area contributed by atoms with Crippen LogP contribution in [-0.2, 0) is 0 Å². The van der Waals surface area contributed by atoms with E-state index in [2.05, 4.69) is 48.1 Å². The third kappa shape index (κ3) is 3.45. The molecule has 3 heteroatoms. The maximum absolute atomic E-state index is 4.62. The fourth-order valence-corrected chi connectivity index (χ4v) is 2.26. The number of aromatic nitrogens is 1. The van der Waals surface area contributed by atoms with Gasteiger partial charge in [-0.05, 0) is 50.8 Å². The van der Waals surface area contributed by atoms with Gasteiger partial charge in [-0.1, -0.05) is 13.0 Å². The van der Waals surface area contributed by atoms with Crippen molar-refractivity contribution in [1.82, 2.24) is 10.3 Å². The van der Waals surface area contributed by atoms with Gasteiger partial charge in [0, 0.05) is 25.3 Å². The first kappa shape index (κ1) is 13.3. The SMILES string of the molecule is CCNC(C)c1ccc(N(CC)CC2CC2)nc1. The highest BCUT2D eigenvalue weighted by Gasteiger charge is 2.24. The molecule has 0 spiro atoms. The molecule has 1 heterocycles. The van der Waals surface area contributed by atoms with Gasteiger partial charge in [-0.3, -0.25) is 0 Å². The predicted octanol–water partition coefficient (Wildman–Crippen LogP) is 2.99. The molecule has 1 atom stereocenters. The van der Waals surface area contributed by atoms with Gasteiger partial charge in [-0.25, -0.2) is 4.98 Å². The number of hydrogen-bond donors (Lipinski definition) is 1. The van der Waals surface area contributed by atoms with Gasteiger partial charge in [0.15, 0.2) is 0 Å². The van der Waals surface area contributed by atoms with E-state index in [4.69, 9.17) is 0 Å². The quantitative estimate of drug-likeness (QED) is 0.803. The second kappa shape index (κ2) is 6.19. The fraction of sp³-hybridized carbons (Fsp3) is 0.667. The zero-order valence-electron chi connectivity index (χ0n) is 11.8. The minimum absolute atomic E-state index is 0.384. The molecule has 1 saturated carbocycles. The molecular weight excluding hydrogens is 222 g/mol. The van der Waals surface area contributed by atoms with Crippen LogP contribution in [0.4, 0.5) is 5.82 Å². The van der Waals surface area contributed by atoms with Crippen molar-refractivity contribution >= 4 is 5.82 Å². The summed E-state index contributed by atoms with van der Waals surface area (Å²) in [7, 11) is 0. The monoisotopic (exact) mass is 247 g/mol. The van der Waals surface area contributed by atoms with Crippen molar-refractivity contribution < 1.29 is 0 Å². The van der Waals surface area contributed by atoms with E-state index in [1.54, 1.807) is 0 Å². The molecule has 1 fully saturated rings. The molecule has 100 valence electrons. The highest BCUT2D eigenvalue weighted by molar-refractivity contribution is 5.40. The summed E-state index contributed by atoms with van der Waals surface area (Å²) < 4.78 is 0. The van der Waals surface area contributed by atoms with Crippen LogP contribution < -0.4 is 10.2 Å². The highest BCUT2D eigenvalue weighted by atomic mass is 15.2. The van der Waals surface area contributed by atoms with E-state index in [9.17, 15) is 0 Å². The third-order valence-corrected chi connectivity index (χ3v) is 3.66. The summed E-state index contributed by atoms with van der Waals surface area (Å²) in [5.41, 5.74) is 1.27. The lowest BCUT2D eigenvalue weighted by Crippen LogP contribution is -2.26. The van der Waals surface area contributed by atoms with Crippen LogP contribution >= 0.6 is 0 Å². The number of nitrogens with one attached hydrogen (secondary N) is 1. The van der Waals surface area contributed by atoms with E-state index in [0.29, 0.717) is 6.04 Å². The van der Waals surface area contributed by atoms with Crippen LogP contribution in [0.25, 0.3) is 0 Å². The van der Waals surface area contributed by atoms with Crippen LogP contribution in [0.2, 0.25) is 0 Å².